The first-order valence-electron chi connectivity index (χ1n) is 7.65. The van der Waals surface area contributed by atoms with Crippen LogP contribution in [0, 0.1) is 5.92 Å². The molecule has 0 aliphatic heterocycles. The van der Waals surface area contributed by atoms with Crippen LogP contribution in [0.4, 0.5) is 13.2 Å². The molecular weight excluding hydrogens is 319 g/mol. The van der Waals surface area contributed by atoms with Crippen LogP contribution in [0.3, 0.4) is 0 Å². The average Bonchev–Trinajstić information content (AvgIpc) is 2.55. The summed E-state index contributed by atoms with van der Waals surface area (Å²) in [4.78, 5) is 8.52. The van der Waals surface area contributed by atoms with Gasteiger partial charge in [-0.05, 0) is 24.1 Å². The maximum atomic E-state index is 12.6. The fourth-order valence-electron chi connectivity index (χ4n) is 2.21. The third-order valence-electron chi connectivity index (χ3n) is 3.74. The Morgan fingerprint density at radius 3 is 2.33 bits per heavy atom. The van der Waals surface area contributed by atoms with Gasteiger partial charge in [0.25, 0.3) is 0 Å². The molecule has 0 saturated carbocycles. The van der Waals surface area contributed by atoms with E-state index in [9.17, 15) is 18.3 Å². The van der Waals surface area contributed by atoms with Crippen molar-refractivity contribution in [2.24, 2.45) is 5.92 Å². The fraction of sp³-hybridized carbons (Fsp3) is 0.412. The zero-order valence-electron chi connectivity index (χ0n) is 13.5. The van der Waals surface area contributed by atoms with Crippen molar-refractivity contribution >= 4 is 0 Å². The number of rotatable bonds is 6. The summed E-state index contributed by atoms with van der Waals surface area (Å²) in [5, 5.41) is 12.5. The molecular formula is C17H20F3N3O. The van der Waals surface area contributed by atoms with Gasteiger partial charge in [-0.15, -0.1) is 0 Å². The molecule has 4 nitrogen and oxygen atoms in total. The highest BCUT2D eigenvalue weighted by molar-refractivity contribution is 5.59. The summed E-state index contributed by atoms with van der Waals surface area (Å²) in [6, 6.07) is 6.45. The summed E-state index contributed by atoms with van der Waals surface area (Å²) in [5.74, 6) is 0.777. The molecule has 1 aromatic carbocycles. The van der Waals surface area contributed by atoms with E-state index in [1.807, 2.05) is 13.8 Å². The van der Waals surface area contributed by atoms with Crippen LogP contribution in [0.15, 0.2) is 36.5 Å². The van der Waals surface area contributed by atoms with Crippen LogP contribution in [0.25, 0.3) is 11.3 Å². The Labute approximate surface area is 138 Å². The van der Waals surface area contributed by atoms with Crippen LogP contribution in [-0.2, 0) is 12.7 Å². The Morgan fingerprint density at radius 1 is 1.12 bits per heavy atom. The van der Waals surface area contributed by atoms with Gasteiger partial charge in [-0.3, -0.25) is 0 Å². The highest BCUT2D eigenvalue weighted by atomic mass is 19.4. The molecule has 1 heterocycles. The Balaban J connectivity index is 2.12. The van der Waals surface area contributed by atoms with Crippen LogP contribution in [0.5, 0.6) is 0 Å². The van der Waals surface area contributed by atoms with E-state index >= 15 is 0 Å². The molecule has 0 aliphatic rings. The Hall–Kier alpha value is -1.99. The average molecular weight is 339 g/mol. The second kappa shape index (κ2) is 7.72. The van der Waals surface area contributed by atoms with Crippen molar-refractivity contribution in [1.29, 1.82) is 0 Å². The molecule has 0 bridgehead atoms. The monoisotopic (exact) mass is 339 g/mol. The Morgan fingerprint density at radius 2 is 1.79 bits per heavy atom. The normalized spacial score (nSPS) is 13.3. The van der Waals surface area contributed by atoms with Crippen LogP contribution in [-0.4, -0.2) is 27.7 Å². The highest BCUT2D eigenvalue weighted by Crippen LogP contribution is 2.30. The van der Waals surface area contributed by atoms with E-state index in [1.165, 1.54) is 12.1 Å². The SMILES string of the molecule is CC(C)[C@H](CO)NCc1nccc(-c2ccc(C(F)(F)F)cc2)n1. The third-order valence-corrected chi connectivity index (χ3v) is 3.74. The van der Waals surface area contributed by atoms with E-state index in [-0.39, 0.29) is 18.6 Å². The van der Waals surface area contributed by atoms with Crippen molar-refractivity contribution in [3.8, 4) is 11.3 Å². The lowest BCUT2D eigenvalue weighted by atomic mass is 10.1. The molecule has 130 valence electrons. The molecule has 0 spiro atoms. The van der Waals surface area contributed by atoms with Crippen molar-refractivity contribution < 1.29 is 18.3 Å². The quantitative estimate of drug-likeness (QED) is 0.848. The van der Waals surface area contributed by atoms with Gasteiger partial charge >= 0.3 is 6.18 Å². The lowest BCUT2D eigenvalue weighted by Crippen LogP contribution is -2.36. The van der Waals surface area contributed by atoms with Gasteiger partial charge < -0.3 is 10.4 Å². The Kier molecular flexibility index (Phi) is 5.90. The largest absolute Gasteiger partial charge is 0.416 e. The molecule has 2 rings (SSSR count). The first-order chi connectivity index (χ1) is 11.3. The number of aliphatic hydroxyl groups is 1. The maximum absolute atomic E-state index is 12.6. The van der Waals surface area contributed by atoms with Crippen LogP contribution in [0.1, 0.15) is 25.2 Å². The molecule has 1 aromatic heterocycles. The van der Waals surface area contributed by atoms with Gasteiger partial charge in [-0.25, -0.2) is 9.97 Å². The van der Waals surface area contributed by atoms with Crippen molar-refractivity contribution in [2.45, 2.75) is 32.6 Å². The maximum Gasteiger partial charge on any atom is 0.416 e. The van der Waals surface area contributed by atoms with E-state index in [0.29, 0.717) is 23.6 Å². The number of alkyl halides is 3. The molecule has 0 saturated heterocycles. The summed E-state index contributed by atoms with van der Waals surface area (Å²) in [7, 11) is 0. The number of hydrogen-bond donors (Lipinski definition) is 2. The minimum atomic E-state index is -4.35. The molecule has 0 amide bonds. The van der Waals surface area contributed by atoms with E-state index in [1.54, 1.807) is 12.3 Å². The van der Waals surface area contributed by atoms with Gasteiger partial charge in [-0.1, -0.05) is 26.0 Å². The predicted octanol–water partition coefficient (Wildman–Crippen LogP) is 3.27. The van der Waals surface area contributed by atoms with Crippen molar-refractivity contribution in [3.63, 3.8) is 0 Å². The molecule has 0 fully saturated rings. The highest BCUT2D eigenvalue weighted by Gasteiger charge is 2.30. The summed E-state index contributed by atoms with van der Waals surface area (Å²) in [6.07, 6.45) is -2.78. The number of aromatic nitrogens is 2. The van der Waals surface area contributed by atoms with Gasteiger partial charge in [0.1, 0.15) is 5.82 Å². The molecule has 0 unspecified atom stereocenters. The number of halogens is 3. The van der Waals surface area contributed by atoms with Gasteiger partial charge in [0.05, 0.1) is 24.4 Å². The zero-order valence-corrected chi connectivity index (χ0v) is 13.5. The van der Waals surface area contributed by atoms with Crippen molar-refractivity contribution in [1.82, 2.24) is 15.3 Å². The first-order valence-corrected chi connectivity index (χ1v) is 7.65. The fourth-order valence-corrected chi connectivity index (χ4v) is 2.21. The van der Waals surface area contributed by atoms with Crippen LogP contribution < -0.4 is 5.32 Å². The lowest BCUT2D eigenvalue weighted by molar-refractivity contribution is -0.137. The number of aliphatic hydroxyl groups excluding tert-OH is 1. The second-order valence-corrected chi connectivity index (χ2v) is 5.85. The van der Waals surface area contributed by atoms with Gasteiger partial charge in [0, 0.05) is 17.8 Å². The minimum Gasteiger partial charge on any atom is -0.395 e. The molecule has 1 atom stereocenters. The Bertz CT molecular complexity index is 657. The summed E-state index contributed by atoms with van der Waals surface area (Å²) < 4.78 is 37.8. The summed E-state index contributed by atoms with van der Waals surface area (Å²) in [6.45, 7) is 4.37. The molecule has 0 radical (unpaired) electrons. The number of nitrogens with one attached hydrogen (secondary N) is 1. The molecule has 0 aliphatic carbocycles. The third kappa shape index (κ3) is 4.75. The number of hydrogen-bond acceptors (Lipinski definition) is 4. The second-order valence-electron chi connectivity index (χ2n) is 5.85. The summed E-state index contributed by atoms with van der Waals surface area (Å²) in [5.41, 5.74) is 0.458. The lowest BCUT2D eigenvalue weighted by Gasteiger charge is -2.19. The minimum absolute atomic E-state index is 0.0102. The standard InChI is InChI=1S/C17H20F3N3O/c1-11(2)15(10-24)22-9-16-21-8-7-14(23-16)12-3-5-13(6-4-12)17(18,19)20/h3-8,11,15,22,24H,9-10H2,1-2H3/t15-/m0/s1. The van der Waals surface area contributed by atoms with Gasteiger partial charge in [-0.2, -0.15) is 13.2 Å². The topological polar surface area (TPSA) is 58.0 Å². The van der Waals surface area contributed by atoms with Crippen molar-refractivity contribution in [2.75, 3.05) is 6.61 Å². The predicted molar refractivity (Wildman–Crippen MR) is 85.0 cm³/mol. The molecule has 24 heavy (non-hydrogen) atoms. The van der Waals surface area contributed by atoms with E-state index in [4.69, 9.17) is 0 Å². The summed E-state index contributed by atoms with van der Waals surface area (Å²) >= 11 is 0. The first kappa shape index (κ1) is 18.4. The van der Waals surface area contributed by atoms with Crippen molar-refractivity contribution in [3.05, 3.63) is 47.9 Å². The number of nitrogens with zero attached hydrogens (tertiary/aromatic N) is 2. The molecule has 2 N–H and O–H groups in total. The molecule has 2 aromatic rings. The van der Waals surface area contributed by atoms with E-state index in [0.717, 1.165) is 12.1 Å². The number of benzene rings is 1. The van der Waals surface area contributed by atoms with Gasteiger partial charge in [0.2, 0.25) is 0 Å². The van der Waals surface area contributed by atoms with E-state index < -0.39 is 11.7 Å². The van der Waals surface area contributed by atoms with Crippen LogP contribution in [0.2, 0.25) is 0 Å². The zero-order chi connectivity index (χ0) is 17.7. The van der Waals surface area contributed by atoms with Gasteiger partial charge in [0.15, 0.2) is 0 Å². The smallest absolute Gasteiger partial charge is 0.395 e. The molecule has 7 heteroatoms. The van der Waals surface area contributed by atoms with Crippen LogP contribution >= 0.6 is 0 Å². The van der Waals surface area contributed by atoms with E-state index in [2.05, 4.69) is 15.3 Å².